The Balaban J connectivity index is 0. The van der Waals surface area contributed by atoms with Crippen LogP contribution in [0.15, 0.2) is 0 Å². The summed E-state index contributed by atoms with van der Waals surface area (Å²) < 4.78 is 33.7. The molecule has 0 aromatic carbocycles. The summed E-state index contributed by atoms with van der Waals surface area (Å²) in [6, 6.07) is 0. The molecule has 0 aliphatic carbocycles. The van der Waals surface area contributed by atoms with E-state index in [2.05, 4.69) is 13.8 Å². The maximum absolute atomic E-state index is 11.8. The molecule has 0 unspecified atom stereocenters. The summed E-state index contributed by atoms with van der Waals surface area (Å²) in [7, 11) is -3.82. The molecular formula is C33H69NaO4S. The fourth-order valence-corrected chi connectivity index (χ4v) is 5.84. The zero-order valence-corrected chi connectivity index (χ0v) is 26.8. The first-order chi connectivity index (χ1) is 18.6. The van der Waals surface area contributed by atoms with E-state index in [4.69, 9.17) is 8.37 Å². The van der Waals surface area contributed by atoms with Crippen LogP contribution in [0.4, 0.5) is 0 Å². The third-order valence-electron chi connectivity index (χ3n) is 7.70. The van der Waals surface area contributed by atoms with Crippen molar-refractivity contribution in [1.29, 1.82) is 0 Å². The minimum atomic E-state index is -3.82. The van der Waals surface area contributed by atoms with Gasteiger partial charge in [-0.1, -0.05) is 187 Å². The monoisotopic (exact) mass is 584 g/mol. The summed E-state index contributed by atoms with van der Waals surface area (Å²) in [5, 5.41) is 0. The second-order valence-corrected chi connectivity index (χ2v) is 12.9. The molecule has 0 fully saturated rings. The fourth-order valence-electron chi connectivity index (χ4n) is 5.13. The maximum atomic E-state index is 11.8. The van der Waals surface area contributed by atoms with Crippen LogP contribution in [0.25, 0.3) is 0 Å². The van der Waals surface area contributed by atoms with Crippen LogP contribution in [0, 0.1) is 0 Å². The van der Waals surface area contributed by atoms with Crippen LogP contribution in [-0.4, -0.2) is 51.2 Å². The quantitative estimate of drug-likeness (QED) is 0.0568. The fraction of sp³-hybridized carbons (Fsp3) is 1.00. The van der Waals surface area contributed by atoms with E-state index in [1.165, 1.54) is 154 Å². The van der Waals surface area contributed by atoms with E-state index in [9.17, 15) is 8.42 Å². The summed E-state index contributed by atoms with van der Waals surface area (Å²) in [5.74, 6) is 0. The topological polar surface area (TPSA) is 52.6 Å². The molecule has 0 aliphatic rings. The van der Waals surface area contributed by atoms with E-state index in [-0.39, 0.29) is 42.8 Å². The van der Waals surface area contributed by atoms with E-state index in [0.29, 0.717) is 0 Å². The molecule has 0 aromatic heterocycles. The molecule has 4 nitrogen and oxygen atoms in total. The van der Waals surface area contributed by atoms with E-state index >= 15 is 0 Å². The van der Waals surface area contributed by atoms with E-state index in [1.807, 2.05) is 0 Å². The van der Waals surface area contributed by atoms with Crippen LogP contribution in [0.1, 0.15) is 200 Å². The van der Waals surface area contributed by atoms with Crippen LogP contribution >= 0.6 is 0 Å². The first-order valence-electron chi connectivity index (χ1n) is 17.2. The molecule has 0 aromatic rings. The molecule has 39 heavy (non-hydrogen) atoms. The van der Waals surface area contributed by atoms with Gasteiger partial charge in [-0.05, 0) is 12.8 Å². The molecule has 6 heteroatoms. The van der Waals surface area contributed by atoms with Gasteiger partial charge in [0.1, 0.15) is 0 Å². The van der Waals surface area contributed by atoms with Gasteiger partial charge in [-0.25, -0.2) is 8.37 Å². The standard InChI is InChI=1S/C33H68O4S.Na.H/c1-3-5-7-9-11-13-15-16-17-18-19-20-21-22-23-25-27-29-31-33-37-38(34,35)36-32-30-28-26-24-14-12-10-8-6-4-2;;/h3-33H2,1-2H3;;. The second-order valence-electron chi connectivity index (χ2n) is 11.6. The van der Waals surface area contributed by atoms with Crippen LogP contribution in [-0.2, 0) is 18.8 Å². The Bertz CT molecular complexity index is 542. The Hall–Kier alpha value is 0.870. The summed E-state index contributed by atoms with van der Waals surface area (Å²) in [6.45, 7) is 5.03. The summed E-state index contributed by atoms with van der Waals surface area (Å²) >= 11 is 0. The average molecular weight is 585 g/mol. The minimum absolute atomic E-state index is 0. The normalized spacial score (nSPS) is 11.6. The average Bonchev–Trinajstić information content (AvgIpc) is 2.90. The van der Waals surface area contributed by atoms with Crippen LogP contribution in [0.2, 0.25) is 0 Å². The van der Waals surface area contributed by atoms with Crippen molar-refractivity contribution in [3.05, 3.63) is 0 Å². The second kappa shape index (κ2) is 35.1. The Morgan fingerprint density at radius 3 is 0.718 bits per heavy atom. The van der Waals surface area contributed by atoms with Crippen molar-refractivity contribution in [3.63, 3.8) is 0 Å². The molecule has 232 valence electrons. The number of hydrogen-bond donors (Lipinski definition) is 0. The van der Waals surface area contributed by atoms with Gasteiger partial charge in [-0.3, -0.25) is 0 Å². The van der Waals surface area contributed by atoms with E-state index < -0.39 is 10.4 Å². The van der Waals surface area contributed by atoms with Gasteiger partial charge in [-0.15, -0.1) is 0 Å². The van der Waals surface area contributed by atoms with Crippen LogP contribution in [0.5, 0.6) is 0 Å². The molecule has 0 bridgehead atoms. The zero-order chi connectivity index (χ0) is 27.8. The Labute approximate surface area is 268 Å². The summed E-state index contributed by atoms with van der Waals surface area (Å²) in [4.78, 5) is 0. The van der Waals surface area contributed by atoms with Gasteiger partial charge >= 0.3 is 40.0 Å². The number of rotatable bonds is 33. The molecule has 0 heterocycles. The molecule has 0 spiro atoms. The van der Waals surface area contributed by atoms with Crippen LogP contribution < -0.4 is 0 Å². The number of unbranched alkanes of at least 4 members (excludes halogenated alkanes) is 27. The first-order valence-corrected chi connectivity index (χ1v) is 18.5. The molecule has 0 saturated carbocycles. The molecule has 0 radical (unpaired) electrons. The Kier molecular flexibility index (Phi) is 37.8. The van der Waals surface area contributed by atoms with Crippen molar-refractivity contribution < 1.29 is 16.8 Å². The molecule has 0 aliphatic heterocycles. The molecule has 0 atom stereocenters. The predicted octanol–water partition coefficient (Wildman–Crippen LogP) is 11.0. The van der Waals surface area contributed by atoms with Gasteiger partial charge in [0, 0.05) is 0 Å². The molecule has 0 rings (SSSR count). The van der Waals surface area contributed by atoms with Gasteiger partial charge in [0.25, 0.3) is 0 Å². The van der Waals surface area contributed by atoms with Crippen molar-refractivity contribution >= 4 is 40.0 Å². The SMILES string of the molecule is CCCCCCCCCCCCCCCCCCCCCOS(=O)(=O)OCCCCCCCCCCCC.[NaH]. The van der Waals surface area contributed by atoms with Gasteiger partial charge in [0.05, 0.1) is 13.2 Å². The van der Waals surface area contributed by atoms with Crippen molar-refractivity contribution in [2.24, 2.45) is 0 Å². The Morgan fingerprint density at radius 1 is 0.333 bits per heavy atom. The van der Waals surface area contributed by atoms with E-state index in [0.717, 1.165) is 32.1 Å². The molecule has 0 N–H and O–H groups in total. The van der Waals surface area contributed by atoms with E-state index in [1.54, 1.807) is 0 Å². The molecule has 0 saturated heterocycles. The van der Waals surface area contributed by atoms with Gasteiger partial charge < -0.3 is 0 Å². The summed E-state index contributed by atoms with van der Waals surface area (Å²) in [5.41, 5.74) is 0. The van der Waals surface area contributed by atoms with Crippen LogP contribution in [0.3, 0.4) is 0 Å². The molecule has 0 amide bonds. The van der Waals surface area contributed by atoms with Crippen molar-refractivity contribution in [2.45, 2.75) is 200 Å². The van der Waals surface area contributed by atoms with Crippen molar-refractivity contribution in [2.75, 3.05) is 13.2 Å². The van der Waals surface area contributed by atoms with Gasteiger partial charge in [0.2, 0.25) is 0 Å². The third-order valence-corrected chi connectivity index (χ3v) is 8.61. The summed E-state index contributed by atoms with van der Waals surface area (Å²) in [6.07, 6.45) is 37.5. The van der Waals surface area contributed by atoms with Gasteiger partial charge in [0.15, 0.2) is 0 Å². The predicted molar refractivity (Wildman–Crippen MR) is 173 cm³/mol. The Morgan fingerprint density at radius 2 is 0.513 bits per heavy atom. The zero-order valence-electron chi connectivity index (χ0n) is 26.0. The van der Waals surface area contributed by atoms with Crippen molar-refractivity contribution in [1.82, 2.24) is 0 Å². The third kappa shape index (κ3) is 36.8. The molecular weight excluding hydrogens is 515 g/mol. The first kappa shape index (κ1) is 42.0. The van der Waals surface area contributed by atoms with Gasteiger partial charge in [-0.2, -0.15) is 8.42 Å². The van der Waals surface area contributed by atoms with Crippen molar-refractivity contribution in [3.8, 4) is 0 Å². The number of hydrogen-bond acceptors (Lipinski definition) is 4.